The summed E-state index contributed by atoms with van der Waals surface area (Å²) in [5.74, 6) is -0.293. The molecule has 0 radical (unpaired) electrons. The fraction of sp³-hybridized carbons (Fsp3) is 0.375. The van der Waals surface area contributed by atoms with E-state index in [2.05, 4.69) is 5.32 Å². The molecule has 0 saturated carbocycles. The minimum absolute atomic E-state index is 0.144. The SMILES string of the molecule is CSCCOC(=O)C1=C(C)NC(=O)C[C@@H]1c1ccc(Cl)cc1Cl. The van der Waals surface area contributed by atoms with Crippen LogP contribution in [0.4, 0.5) is 0 Å². The van der Waals surface area contributed by atoms with E-state index in [1.807, 2.05) is 6.26 Å². The van der Waals surface area contributed by atoms with E-state index in [0.29, 0.717) is 33.5 Å². The number of esters is 1. The van der Waals surface area contributed by atoms with Crippen LogP contribution in [0.5, 0.6) is 0 Å². The van der Waals surface area contributed by atoms with Crippen molar-refractivity contribution in [1.82, 2.24) is 5.32 Å². The fourth-order valence-corrected chi connectivity index (χ4v) is 3.31. The number of halogens is 2. The molecule has 1 amide bonds. The van der Waals surface area contributed by atoms with Gasteiger partial charge < -0.3 is 10.1 Å². The van der Waals surface area contributed by atoms with Gasteiger partial charge in [0.2, 0.25) is 5.91 Å². The summed E-state index contributed by atoms with van der Waals surface area (Å²) in [6, 6.07) is 5.05. The monoisotopic (exact) mass is 373 g/mol. The summed E-state index contributed by atoms with van der Waals surface area (Å²) in [5.41, 5.74) is 1.64. The molecule has 0 bridgehead atoms. The molecule has 1 atom stereocenters. The van der Waals surface area contributed by atoms with Crippen molar-refractivity contribution < 1.29 is 14.3 Å². The molecule has 0 spiro atoms. The van der Waals surface area contributed by atoms with Crippen LogP contribution in [0.15, 0.2) is 29.5 Å². The Labute approximate surface area is 149 Å². The maximum Gasteiger partial charge on any atom is 0.336 e. The van der Waals surface area contributed by atoms with Gasteiger partial charge in [0.15, 0.2) is 0 Å². The predicted octanol–water partition coefficient (Wildman–Crippen LogP) is 3.78. The quantitative estimate of drug-likeness (QED) is 0.630. The molecule has 23 heavy (non-hydrogen) atoms. The second kappa shape index (κ2) is 8.08. The number of hydrogen-bond donors (Lipinski definition) is 1. The Bertz CT molecular complexity index is 661. The maximum absolute atomic E-state index is 12.4. The van der Waals surface area contributed by atoms with Crippen LogP contribution < -0.4 is 5.32 Å². The summed E-state index contributed by atoms with van der Waals surface area (Å²) < 4.78 is 5.30. The molecular formula is C16H17Cl2NO3S. The third kappa shape index (κ3) is 4.43. The number of ether oxygens (including phenoxy) is 1. The van der Waals surface area contributed by atoms with E-state index in [1.54, 1.807) is 36.9 Å². The number of allylic oxidation sites excluding steroid dienone is 1. The molecule has 124 valence electrons. The van der Waals surface area contributed by atoms with Crippen molar-refractivity contribution in [3.63, 3.8) is 0 Å². The number of carbonyl (C=O) groups is 2. The highest BCUT2D eigenvalue weighted by atomic mass is 35.5. The first-order valence-corrected chi connectivity index (χ1v) is 9.20. The maximum atomic E-state index is 12.4. The van der Waals surface area contributed by atoms with Gasteiger partial charge in [-0.25, -0.2) is 4.79 Å². The van der Waals surface area contributed by atoms with E-state index in [9.17, 15) is 9.59 Å². The molecule has 2 rings (SSSR count). The van der Waals surface area contributed by atoms with Crippen LogP contribution in [0.3, 0.4) is 0 Å². The van der Waals surface area contributed by atoms with Crippen LogP contribution in [-0.4, -0.2) is 30.5 Å². The summed E-state index contributed by atoms with van der Waals surface area (Å²) in [4.78, 5) is 24.3. The van der Waals surface area contributed by atoms with Gasteiger partial charge in [-0.05, 0) is 30.9 Å². The van der Waals surface area contributed by atoms with Crippen molar-refractivity contribution in [3.8, 4) is 0 Å². The number of rotatable bonds is 5. The van der Waals surface area contributed by atoms with E-state index in [4.69, 9.17) is 27.9 Å². The molecule has 1 N–H and O–H groups in total. The Morgan fingerprint density at radius 1 is 1.43 bits per heavy atom. The van der Waals surface area contributed by atoms with Gasteiger partial charge in [0, 0.05) is 33.8 Å². The highest BCUT2D eigenvalue weighted by molar-refractivity contribution is 7.98. The normalized spacial score (nSPS) is 17.9. The number of benzene rings is 1. The fourth-order valence-electron chi connectivity index (χ4n) is 2.52. The van der Waals surface area contributed by atoms with E-state index in [-0.39, 0.29) is 12.3 Å². The van der Waals surface area contributed by atoms with Gasteiger partial charge in [-0.2, -0.15) is 11.8 Å². The number of nitrogens with one attached hydrogen (secondary N) is 1. The molecule has 1 aromatic carbocycles. The van der Waals surface area contributed by atoms with Crippen molar-refractivity contribution in [3.05, 3.63) is 45.1 Å². The van der Waals surface area contributed by atoms with Crippen LogP contribution in [0.2, 0.25) is 10.0 Å². The highest BCUT2D eigenvalue weighted by Gasteiger charge is 2.33. The van der Waals surface area contributed by atoms with Crippen LogP contribution in [-0.2, 0) is 14.3 Å². The topological polar surface area (TPSA) is 55.4 Å². The second-order valence-electron chi connectivity index (χ2n) is 5.14. The zero-order chi connectivity index (χ0) is 17.0. The molecule has 1 aliphatic heterocycles. The van der Waals surface area contributed by atoms with Gasteiger partial charge in [0.1, 0.15) is 6.61 Å². The molecule has 1 aliphatic rings. The molecule has 0 unspecified atom stereocenters. The third-order valence-electron chi connectivity index (χ3n) is 3.55. The van der Waals surface area contributed by atoms with Gasteiger partial charge in [0.05, 0.1) is 5.57 Å². The van der Waals surface area contributed by atoms with Crippen molar-refractivity contribution in [2.75, 3.05) is 18.6 Å². The lowest BCUT2D eigenvalue weighted by atomic mass is 9.84. The van der Waals surface area contributed by atoms with Crippen LogP contribution in [0.25, 0.3) is 0 Å². The van der Waals surface area contributed by atoms with E-state index >= 15 is 0 Å². The van der Waals surface area contributed by atoms with Gasteiger partial charge in [-0.3, -0.25) is 4.79 Å². The standard InChI is InChI=1S/C16H17Cl2NO3S/c1-9-15(16(21)22-5-6-23-2)12(8-14(20)19-9)11-4-3-10(17)7-13(11)18/h3-4,7,12H,5-6,8H2,1-2H3,(H,19,20)/t12-/m1/s1. The summed E-state index contributed by atoms with van der Waals surface area (Å²) in [6.07, 6.45) is 2.08. The van der Waals surface area contributed by atoms with Gasteiger partial charge in [-0.15, -0.1) is 0 Å². The summed E-state index contributed by atoms with van der Waals surface area (Å²) in [6.45, 7) is 2.02. The highest BCUT2D eigenvalue weighted by Crippen LogP contribution is 2.38. The molecule has 0 aromatic heterocycles. The molecule has 4 nitrogen and oxygen atoms in total. The van der Waals surface area contributed by atoms with Crippen molar-refractivity contribution in [1.29, 1.82) is 0 Å². The summed E-state index contributed by atoms with van der Waals surface area (Å²) in [7, 11) is 0. The number of carbonyl (C=O) groups excluding carboxylic acids is 2. The Kier molecular flexibility index (Phi) is 6.39. The molecule has 0 aliphatic carbocycles. The van der Waals surface area contributed by atoms with Crippen LogP contribution in [0, 0.1) is 0 Å². The first-order valence-electron chi connectivity index (χ1n) is 7.05. The minimum Gasteiger partial charge on any atom is -0.461 e. The average Bonchev–Trinajstić information content (AvgIpc) is 2.46. The van der Waals surface area contributed by atoms with E-state index < -0.39 is 11.9 Å². The smallest absolute Gasteiger partial charge is 0.336 e. The molecule has 7 heteroatoms. The van der Waals surface area contributed by atoms with Gasteiger partial charge in [0.25, 0.3) is 0 Å². The van der Waals surface area contributed by atoms with Crippen LogP contribution in [0.1, 0.15) is 24.8 Å². The van der Waals surface area contributed by atoms with Crippen molar-refractivity contribution in [2.45, 2.75) is 19.3 Å². The van der Waals surface area contributed by atoms with Crippen molar-refractivity contribution in [2.24, 2.45) is 0 Å². The second-order valence-corrected chi connectivity index (χ2v) is 6.97. The van der Waals surface area contributed by atoms with Crippen molar-refractivity contribution >= 4 is 46.8 Å². The Hall–Kier alpha value is -1.17. The minimum atomic E-state index is -0.435. The van der Waals surface area contributed by atoms with E-state index in [1.165, 1.54) is 0 Å². The average molecular weight is 374 g/mol. The summed E-state index contributed by atoms with van der Waals surface area (Å²) in [5, 5.41) is 3.63. The lowest BCUT2D eigenvalue weighted by Gasteiger charge is -2.27. The van der Waals surface area contributed by atoms with Gasteiger partial charge in [-0.1, -0.05) is 29.3 Å². The number of hydrogen-bond acceptors (Lipinski definition) is 4. The first-order chi connectivity index (χ1) is 10.9. The first kappa shape index (κ1) is 18.2. The Balaban J connectivity index is 2.36. The lowest BCUT2D eigenvalue weighted by Crippen LogP contribution is -2.34. The largest absolute Gasteiger partial charge is 0.461 e. The zero-order valence-electron chi connectivity index (χ0n) is 12.8. The predicted molar refractivity (Wildman–Crippen MR) is 94.0 cm³/mol. The number of amides is 1. The molecule has 1 aromatic rings. The third-order valence-corrected chi connectivity index (χ3v) is 4.68. The van der Waals surface area contributed by atoms with E-state index in [0.717, 1.165) is 5.75 Å². The molecule has 0 fully saturated rings. The summed E-state index contributed by atoms with van der Waals surface area (Å²) >= 11 is 13.8. The van der Waals surface area contributed by atoms with Gasteiger partial charge >= 0.3 is 5.97 Å². The lowest BCUT2D eigenvalue weighted by molar-refractivity contribution is -0.139. The van der Waals surface area contributed by atoms with Crippen LogP contribution >= 0.6 is 35.0 Å². The molecular weight excluding hydrogens is 357 g/mol. The molecule has 1 heterocycles. The zero-order valence-corrected chi connectivity index (χ0v) is 15.1. The Morgan fingerprint density at radius 2 is 2.17 bits per heavy atom. The number of thioether (sulfide) groups is 1. The molecule has 0 saturated heterocycles. The Morgan fingerprint density at radius 3 is 2.83 bits per heavy atom.